The second-order valence-corrected chi connectivity index (χ2v) is 4.29. The maximum atomic E-state index is 14.0. The zero-order valence-electron chi connectivity index (χ0n) is 10.5. The summed E-state index contributed by atoms with van der Waals surface area (Å²) < 4.78 is 15.3. The van der Waals surface area contributed by atoms with E-state index in [-0.39, 0.29) is 16.8 Å². The van der Waals surface area contributed by atoms with Gasteiger partial charge in [-0.25, -0.2) is 13.9 Å². The minimum atomic E-state index is -1.07. The number of hydrogen-bond donors (Lipinski definition) is 1. The molecule has 21 heavy (non-hydrogen) atoms. The quantitative estimate of drug-likeness (QED) is 0.777. The zero-order valence-corrected chi connectivity index (χ0v) is 10.5. The van der Waals surface area contributed by atoms with Crippen LogP contribution in [0.3, 0.4) is 0 Å². The van der Waals surface area contributed by atoms with Gasteiger partial charge in [0.05, 0.1) is 22.7 Å². The summed E-state index contributed by atoms with van der Waals surface area (Å²) in [7, 11) is 0. The van der Waals surface area contributed by atoms with Gasteiger partial charge in [0.1, 0.15) is 17.0 Å². The number of nitrogens with zero attached hydrogens (tertiary/aromatic N) is 4. The van der Waals surface area contributed by atoms with Gasteiger partial charge >= 0.3 is 5.97 Å². The first-order chi connectivity index (χ1) is 10.1. The van der Waals surface area contributed by atoms with Gasteiger partial charge in [-0.3, -0.25) is 0 Å². The van der Waals surface area contributed by atoms with Crippen LogP contribution in [0.5, 0.6) is 0 Å². The zero-order chi connectivity index (χ0) is 15.0. The molecule has 2 aromatic carbocycles. The van der Waals surface area contributed by atoms with Gasteiger partial charge in [0.25, 0.3) is 0 Å². The number of carboxylic acids is 1. The molecule has 6 nitrogen and oxygen atoms in total. The Morgan fingerprint density at radius 1 is 1.29 bits per heavy atom. The molecule has 0 bridgehead atoms. The average molecular weight is 282 g/mol. The molecule has 0 fully saturated rings. The lowest BCUT2D eigenvalue weighted by Crippen LogP contribution is -2.01. The summed E-state index contributed by atoms with van der Waals surface area (Å²) in [6.07, 6.45) is 0. The van der Waals surface area contributed by atoms with Crippen LogP contribution in [0.25, 0.3) is 16.7 Å². The molecule has 0 aliphatic rings. The fourth-order valence-electron chi connectivity index (χ4n) is 1.98. The van der Waals surface area contributed by atoms with Crippen LogP contribution < -0.4 is 0 Å². The lowest BCUT2D eigenvalue weighted by atomic mass is 10.2. The fourth-order valence-corrected chi connectivity index (χ4v) is 1.98. The van der Waals surface area contributed by atoms with Crippen LogP contribution in [0.15, 0.2) is 36.4 Å². The van der Waals surface area contributed by atoms with Crippen LogP contribution in [0, 0.1) is 17.1 Å². The lowest BCUT2D eigenvalue weighted by Gasteiger charge is -2.04. The molecule has 1 heterocycles. The molecule has 3 aromatic rings. The number of nitriles is 1. The number of aromatic carboxylic acids is 1. The summed E-state index contributed by atoms with van der Waals surface area (Å²) in [6.45, 7) is 0. The van der Waals surface area contributed by atoms with Crippen LogP contribution >= 0.6 is 0 Å². The van der Waals surface area contributed by atoms with E-state index in [4.69, 9.17) is 10.4 Å². The highest BCUT2D eigenvalue weighted by Crippen LogP contribution is 2.20. The number of carbonyl (C=O) groups is 1. The van der Waals surface area contributed by atoms with Crippen molar-refractivity contribution in [2.45, 2.75) is 0 Å². The number of hydrogen-bond acceptors (Lipinski definition) is 4. The summed E-state index contributed by atoms with van der Waals surface area (Å²) in [5.41, 5.74) is 1.24. The van der Waals surface area contributed by atoms with E-state index >= 15 is 0 Å². The molecule has 0 saturated heterocycles. The minimum absolute atomic E-state index is 0.0786. The summed E-state index contributed by atoms with van der Waals surface area (Å²) in [6, 6.07) is 10.1. The Morgan fingerprint density at radius 2 is 2.10 bits per heavy atom. The minimum Gasteiger partial charge on any atom is -0.478 e. The van der Waals surface area contributed by atoms with Crippen LogP contribution in [-0.2, 0) is 0 Å². The molecule has 7 heteroatoms. The monoisotopic (exact) mass is 282 g/mol. The molecule has 1 N–H and O–H groups in total. The second-order valence-electron chi connectivity index (χ2n) is 4.29. The smallest absolute Gasteiger partial charge is 0.335 e. The van der Waals surface area contributed by atoms with E-state index in [0.29, 0.717) is 11.0 Å². The van der Waals surface area contributed by atoms with E-state index in [1.165, 1.54) is 35.0 Å². The summed E-state index contributed by atoms with van der Waals surface area (Å²) in [5, 5.41) is 25.3. The first kappa shape index (κ1) is 12.7. The molecule has 0 aliphatic carbocycles. The van der Waals surface area contributed by atoms with E-state index in [9.17, 15) is 9.18 Å². The Balaban J connectivity index is 2.18. The Labute approximate surface area is 117 Å². The molecule has 0 unspecified atom stereocenters. The van der Waals surface area contributed by atoms with Crippen LogP contribution in [0.4, 0.5) is 4.39 Å². The first-order valence-electron chi connectivity index (χ1n) is 5.89. The highest BCUT2D eigenvalue weighted by molar-refractivity contribution is 5.92. The van der Waals surface area contributed by atoms with Crippen molar-refractivity contribution in [1.82, 2.24) is 15.0 Å². The predicted molar refractivity (Wildman–Crippen MR) is 70.5 cm³/mol. The predicted octanol–water partition coefficient (Wildman–Crippen LogP) is 2.13. The first-order valence-corrected chi connectivity index (χ1v) is 5.89. The molecule has 0 aliphatic heterocycles. The number of benzene rings is 2. The second kappa shape index (κ2) is 4.68. The molecular weight excluding hydrogens is 275 g/mol. The Morgan fingerprint density at radius 3 is 2.76 bits per heavy atom. The number of carboxylic acid groups (broad SMARTS) is 1. The van der Waals surface area contributed by atoms with Crippen molar-refractivity contribution in [1.29, 1.82) is 5.26 Å². The van der Waals surface area contributed by atoms with Crippen molar-refractivity contribution in [2.24, 2.45) is 0 Å². The van der Waals surface area contributed by atoms with Crippen molar-refractivity contribution in [3.05, 3.63) is 53.3 Å². The standard InChI is InChI=1S/C14H7FN4O2/c15-10-5-8(7-16)1-3-12(10)19-13-4-2-9(14(20)21)6-11(13)17-18-19/h1-6H,(H,20,21). The van der Waals surface area contributed by atoms with Gasteiger partial charge in [-0.15, -0.1) is 5.10 Å². The fraction of sp³-hybridized carbons (Fsp3) is 0. The normalized spacial score (nSPS) is 10.5. The molecule has 1 aromatic heterocycles. The third-order valence-electron chi connectivity index (χ3n) is 3.00. The van der Waals surface area contributed by atoms with Gasteiger partial charge in [0.15, 0.2) is 0 Å². The Bertz CT molecular complexity index is 911. The Kier molecular flexibility index (Phi) is 2.84. The number of rotatable bonds is 2. The molecule has 0 spiro atoms. The molecular formula is C14H7FN4O2. The van der Waals surface area contributed by atoms with Crippen LogP contribution in [0.1, 0.15) is 15.9 Å². The van der Waals surface area contributed by atoms with Crippen molar-refractivity contribution in [3.63, 3.8) is 0 Å². The molecule has 0 saturated carbocycles. The maximum Gasteiger partial charge on any atom is 0.335 e. The highest BCUT2D eigenvalue weighted by Gasteiger charge is 2.13. The molecule has 0 radical (unpaired) electrons. The third kappa shape index (κ3) is 2.08. The summed E-state index contributed by atoms with van der Waals surface area (Å²) in [4.78, 5) is 10.9. The van der Waals surface area contributed by atoms with Gasteiger partial charge in [-0.05, 0) is 36.4 Å². The number of fused-ring (bicyclic) bond motifs is 1. The van der Waals surface area contributed by atoms with Crippen molar-refractivity contribution in [3.8, 4) is 11.8 Å². The van der Waals surface area contributed by atoms with Crippen molar-refractivity contribution in [2.75, 3.05) is 0 Å². The van der Waals surface area contributed by atoms with Gasteiger partial charge < -0.3 is 5.11 Å². The number of aromatic nitrogens is 3. The lowest BCUT2D eigenvalue weighted by molar-refractivity contribution is 0.0697. The van der Waals surface area contributed by atoms with E-state index in [0.717, 1.165) is 6.07 Å². The van der Waals surface area contributed by atoms with E-state index in [1.807, 2.05) is 6.07 Å². The SMILES string of the molecule is N#Cc1ccc(-n2nnc3cc(C(=O)O)ccc32)c(F)c1. The van der Waals surface area contributed by atoms with E-state index in [2.05, 4.69) is 10.3 Å². The average Bonchev–Trinajstić information content (AvgIpc) is 2.89. The van der Waals surface area contributed by atoms with Crippen LogP contribution in [0.2, 0.25) is 0 Å². The van der Waals surface area contributed by atoms with Gasteiger partial charge in [-0.2, -0.15) is 5.26 Å². The largest absolute Gasteiger partial charge is 0.478 e. The molecule has 0 amide bonds. The number of halogens is 1. The molecule has 0 atom stereocenters. The van der Waals surface area contributed by atoms with Crippen molar-refractivity contribution < 1.29 is 14.3 Å². The highest BCUT2D eigenvalue weighted by atomic mass is 19.1. The topological polar surface area (TPSA) is 91.8 Å². The van der Waals surface area contributed by atoms with E-state index in [1.54, 1.807) is 0 Å². The molecule has 3 rings (SSSR count). The summed E-state index contributed by atoms with van der Waals surface area (Å²) >= 11 is 0. The van der Waals surface area contributed by atoms with Crippen LogP contribution in [-0.4, -0.2) is 26.1 Å². The van der Waals surface area contributed by atoms with Gasteiger partial charge in [0.2, 0.25) is 0 Å². The van der Waals surface area contributed by atoms with Gasteiger partial charge in [0, 0.05) is 0 Å². The third-order valence-corrected chi connectivity index (χ3v) is 3.00. The Hall–Kier alpha value is -3.27. The maximum absolute atomic E-state index is 14.0. The van der Waals surface area contributed by atoms with E-state index < -0.39 is 11.8 Å². The summed E-state index contributed by atoms with van der Waals surface area (Å²) in [5.74, 6) is -1.68. The molecule has 102 valence electrons. The van der Waals surface area contributed by atoms with Crippen molar-refractivity contribution >= 4 is 17.0 Å². The van der Waals surface area contributed by atoms with Gasteiger partial charge in [-0.1, -0.05) is 5.21 Å².